The molecule has 0 atom stereocenters. The molecule has 1 aromatic carbocycles. The topological polar surface area (TPSA) is 18.5 Å². The molecule has 1 aliphatic heterocycles. The van der Waals surface area contributed by atoms with E-state index >= 15 is 0 Å². The molecule has 2 rings (SSSR count). The normalized spacial score (nSPS) is 18.2. The quantitative estimate of drug-likeness (QED) is 0.911. The fraction of sp³-hybridized carbons (Fsp3) is 0.647. The first-order valence-electron chi connectivity index (χ1n) is 7.73. The Labute approximate surface area is 124 Å². The summed E-state index contributed by atoms with van der Waals surface area (Å²) in [5.41, 5.74) is 2.85. The Bertz CT molecular complexity index is 397. The van der Waals surface area contributed by atoms with Crippen LogP contribution in [0.5, 0.6) is 0 Å². The lowest BCUT2D eigenvalue weighted by Crippen LogP contribution is -2.53. The summed E-state index contributed by atoms with van der Waals surface area (Å²) in [6.07, 6.45) is 0. The van der Waals surface area contributed by atoms with Crippen LogP contribution in [0.15, 0.2) is 24.3 Å². The predicted molar refractivity (Wildman–Crippen MR) is 87.4 cm³/mol. The molecule has 1 aromatic rings. The van der Waals surface area contributed by atoms with Gasteiger partial charge >= 0.3 is 0 Å². The molecule has 0 spiro atoms. The first-order valence-corrected chi connectivity index (χ1v) is 7.73. The molecule has 1 fully saturated rings. The molecule has 1 saturated heterocycles. The lowest BCUT2D eigenvalue weighted by atomic mass is 10.1. The van der Waals surface area contributed by atoms with Crippen LogP contribution in [0.3, 0.4) is 0 Å². The van der Waals surface area contributed by atoms with Crippen molar-refractivity contribution < 1.29 is 0 Å². The maximum Gasteiger partial charge on any atom is 0.0340 e. The maximum atomic E-state index is 3.51. The first-order chi connectivity index (χ1) is 9.45. The van der Waals surface area contributed by atoms with Crippen molar-refractivity contribution >= 4 is 5.69 Å². The fourth-order valence-corrected chi connectivity index (χ4v) is 2.67. The average Bonchev–Trinajstić information content (AvgIpc) is 2.41. The SMILES string of the molecule is Cc1ccc(NCCN2CCN(C(C)(C)C)CC2)cc1. The molecule has 3 heteroatoms. The van der Waals surface area contributed by atoms with E-state index in [4.69, 9.17) is 0 Å². The van der Waals surface area contributed by atoms with E-state index in [-0.39, 0.29) is 0 Å². The summed E-state index contributed by atoms with van der Waals surface area (Å²) in [6, 6.07) is 8.63. The highest BCUT2D eigenvalue weighted by molar-refractivity contribution is 5.44. The van der Waals surface area contributed by atoms with Crippen molar-refractivity contribution in [2.75, 3.05) is 44.6 Å². The summed E-state index contributed by atoms with van der Waals surface area (Å²) in [5, 5.41) is 3.51. The zero-order valence-corrected chi connectivity index (χ0v) is 13.4. The Kier molecular flexibility index (Phi) is 5.06. The number of hydrogen-bond acceptors (Lipinski definition) is 3. The largest absolute Gasteiger partial charge is 0.384 e. The van der Waals surface area contributed by atoms with E-state index in [0.717, 1.165) is 13.1 Å². The number of hydrogen-bond donors (Lipinski definition) is 1. The molecule has 1 heterocycles. The van der Waals surface area contributed by atoms with Crippen LogP contribution >= 0.6 is 0 Å². The van der Waals surface area contributed by atoms with E-state index in [0.29, 0.717) is 5.54 Å². The molecule has 112 valence electrons. The van der Waals surface area contributed by atoms with Gasteiger partial charge in [0.2, 0.25) is 0 Å². The molecule has 3 nitrogen and oxygen atoms in total. The minimum absolute atomic E-state index is 0.312. The highest BCUT2D eigenvalue weighted by Crippen LogP contribution is 2.15. The number of anilines is 1. The van der Waals surface area contributed by atoms with Crippen LogP contribution in [0.4, 0.5) is 5.69 Å². The first kappa shape index (κ1) is 15.3. The van der Waals surface area contributed by atoms with Gasteiger partial charge in [0, 0.05) is 50.5 Å². The van der Waals surface area contributed by atoms with E-state index in [1.807, 2.05) is 0 Å². The van der Waals surface area contributed by atoms with Crippen LogP contribution in [-0.4, -0.2) is 54.6 Å². The van der Waals surface area contributed by atoms with Crippen molar-refractivity contribution in [2.24, 2.45) is 0 Å². The molecular weight excluding hydrogens is 246 g/mol. The minimum Gasteiger partial charge on any atom is -0.384 e. The van der Waals surface area contributed by atoms with Gasteiger partial charge in [-0.2, -0.15) is 0 Å². The summed E-state index contributed by atoms with van der Waals surface area (Å²) in [5.74, 6) is 0. The Hall–Kier alpha value is -1.06. The van der Waals surface area contributed by atoms with Crippen LogP contribution in [-0.2, 0) is 0 Å². The lowest BCUT2D eigenvalue weighted by molar-refractivity contribution is 0.0642. The van der Waals surface area contributed by atoms with Gasteiger partial charge in [0.05, 0.1) is 0 Å². The van der Waals surface area contributed by atoms with Gasteiger partial charge in [-0.25, -0.2) is 0 Å². The number of benzene rings is 1. The van der Waals surface area contributed by atoms with Crippen molar-refractivity contribution in [2.45, 2.75) is 33.2 Å². The molecule has 0 unspecified atom stereocenters. The van der Waals surface area contributed by atoms with Crippen molar-refractivity contribution in [1.82, 2.24) is 9.80 Å². The van der Waals surface area contributed by atoms with Gasteiger partial charge in [-0.3, -0.25) is 9.80 Å². The van der Waals surface area contributed by atoms with Gasteiger partial charge in [0.25, 0.3) is 0 Å². The van der Waals surface area contributed by atoms with E-state index in [2.05, 4.69) is 67.1 Å². The number of aryl methyl sites for hydroxylation is 1. The van der Waals surface area contributed by atoms with E-state index in [1.165, 1.54) is 37.4 Å². The van der Waals surface area contributed by atoms with Gasteiger partial charge in [0.15, 0.2) is 0 Å². The summed E-state index contributed by atoms with van der Waals surface area (Å²) < 4.78 is 0. The average molecular weight is 275 g/mol. The maximum absolute atomic E-state index is 3.51. The Morgan fingerprint density at radius 1 is 1.00 bits per heavy atom. The third kappa shape index (κ3) is 4.50. The Balaban J connectivity index is 1.67. The van der Waals surface area contributed by atoms with Crippen LogP contribution in [0, 0.1) is 6.92 Å². The molecule has 1 N–H and O–H groups in total. The molecule has 0 saturated carbocycles. The second-order valence-corrected chi connectivity index (χ2v) is 6.79. The smallest absolute Gasteiger partial charge is 0.0340 e. The summed E-state index contributed by atoms with van der Waals surface area (Å²) in [6.45, 7) is 16.0. The van der Waals surface area contributed by atoms with E-state index in [1.54, 1.807) is 0 Å². The zero-order valence-electron chi connectivity index (χ0n) is 13.4. The van der Waals surface area contributed by atoms with Crippen LogP contribution in [0.25, 0.3) is 0 Å². The second-order valence-electron chi connectivity index (χ2n) is 6.79. The molecule has 1 aliphatic rings. The monoisotopic (exact) mass is 275 g/mol. The number of nitrogens with zero attached hydrogens (tertiary/aromatic N) is 2. The summed E-state index contributed by atoms with van der Waals surface area (Å²) in [4.78, 5) is 5.14. The van der Waals surface area contributed by atoms with Crippen LogP contribution < -0.4 is 5.32 Å². The third-order valence-electron chi connectivity index (χ3n) is 4.13. The van der Waals surface area contributed by atoms with Gasteiger partial charge in [-0.15, -0.1) is 0 Å². The lowest BCUT2D eigenvalue weighted by Gasteiger charge is -2.42. The van der Waals surface area contributed by atoms with Gasteiger partial charge in [0.1, 0.15) is 0 Å². The molecule has 0 aliphatic carbocycles. The number of nitrogens with one attached hydrogen (secondary N) is 1. The highest BCUT2D eigenvalue weighted by atomic mass is 15.3. The van der Waals surface area contributed by atoms with Gasteiger partial charge in [-0.05, 0) is 39.8 Å². The van der Waals surface area contributed by atoms with Crippen molar-refractivity contribution in [1.29, 1.82) is 0 Å². The molecule has 0 radical (unpaired) electrons. The highest BCUT2D eigenvalue weighted by Gasteiger charge is 2.25. The molecule has 20 heavy (non-hydrogen) atoms. The number of rotatable bonds is 4. The molecule has 0 amide bonds. The Morgan fingerprint density at radius 3 is 2.15 bits per heavy atom. The molecular formula is C17H29N3. The van der Waals surface area contributed by atoms with Gasteiger partial charge < -0.3 is 5.32 Å². The van der Waals surface area contributed by atoms with Gasteiger partial charge in [-0.1, -0.05) is 17.7 Å². The second kappa shape index (κ2) is 6.59. The minimum atomic E-state index is 0.312. The van der Waals surface area contributed by atoms with Crippen molar-refractivity contribution in [3.8, 4) is 0 Å². The summed E-state index contributed by atoms with van der Waals surface area (Å²) in [7, 11) is 0. The summed E-state index contributed by atoms with van der Waals surface area (Å²) >= 11 is 0. The van der Waals surface area contributed by atoms with Crippen LogP contribution in [0.1, 0.15) is 26.3 Å². The third-order valence-corrected chi connectivity index (χ3v) is 4.13. The van der Waals surface area contributed by atoms with E-state index in [9.17, 15) is 0 Å². The standard InChI is InChI=1S/C17H29N3/c1-15-5-7-16(8-6-15)18-9-10-19-11-13-20(14-12-19)17(2,3)4/h5-8,18H,9-14H2,1-4H3. The molecule has 0 aromatic heterocycles. The zero-order chi connectivity index (χ0) is 14.6. The van der Waals surface area contributed by atoms with Crippen LogP contribution in [0.2, 0.25) is 0 Å². The number of piperazine rings is 1. The van der Waals surface area contributed by atoms with Crippen molar-refractivity contribution in [3.05, 3.63) is 29.8 Å². The van der Waals surface area contributed by atoms with E-state index < -0.39 is 0 Å². The fourth-order valence-electron chi connectivity index (χ4n) is 2.67. The molecule has 0 bridgehead atoms. The predicted octanol–water partition coefficient (Wildman–Crippen LogP) is 2.82. The van der Waals surface area contributed by atoms with Crippen molar-refractivity contribution in [3.63, 3.8) is 0 Å². The Morgan fingerprint density at radius 2 is 1.60 bits per heavy atom.